The number of aromatic hydroxyl groups is 3. The number of aromatic carboxylic acids is 1. The van der Waals surface area contributed by atoms with E-state index in [0.717, 1.165) is 17.2 Å². The molecule has 63 heavy (non-hydrogen) atoms. The molecule has 0 bridgehead atoms. The summed E-state index contributed by atoms with van der Waals surface area (Å²) in [5.41, 5.74) is 2.48. The van der Waals surface area contributed by atoms with Crippen molar-refractivity contribution < 1.29 is 49.2 Å². The molecular formula is C49H48N4O10. The van der Waals surface area contributed by atoms with Gasteiger partial charge in [-0.15, -0.1) is 0 Å². The number of benzene rings is 5. The molecule has 0 aliphatic carbocycles. The van der Waals surface area contributed by atoms with Crippen molar-refractivity contribution in [1.82, 2.24) is 4.90 Å². The molecule has 0 spiro atoms. The zero-order chi connectivity index (χ0) is 45.6. The number of carbonyl (C=O) groups excluding carboxylic acids is 5. The van der Waals surface area contributed by atoms with Crippen LogP contribution in [-0.2, 0) is 16.0 Å². The summed E-state index contributed by atoms with van der Waals surface area (Å²) < 4.78 is 0. The van der Waals surface area contributed by atoms with E-state index in [1.165, 1.54) is 44.2 Å². The smallest absolute Gasteiger partial charge is 0.339 e. The summed E-state index contributed by atoms with van der Waals surface area (Å²) in [6.45, 7) is 5.92. The van der Waals surface area contributed by atoms with Gasteiger partial charge in [0.15, 0.2) is 11.6 Å². The third kappa shape index (κ3) is 10.5. The Hall–Kier alpha value is -7.58. The van der Waals surface area contributed by atoms with Crippen LogP contribution in [0.3, 0.4) is 0 Å². The molecule has 1 fully saturated rings. The molecule has 1 saturated heterocycles. The first kappa shape index (κ1) is 45.0. The van der Waals surface area contributed by atoms with Gasteiger partial charge in [0, 0.05) is 52.2 Å². The Bertz CT molecular complexity index is 2630. The standard InChI is InChI=1S/C49H48N4O10/c1-28(25-31-7-15-36(54)16-8-31)41(55)26-32-5-9-33(10-6-32)42(56)27-49(21-23-53(4)24-22-49)48(63)50-35-13-11-34(12-14-35)45(59)51-39-19-17-37(43(57)29(39)2)46(60)52-40-20-18-38(47(61)62)44(58)30(40)3/h5-20,25,54,57-58H,21-24,26-27H2,1-4H3,(H,50,63)(H,51,59)(H,52,60)(H,61,62)/b28-25+. The maximum absolute atomic E-state index is 14.0. The van der Waals surface area contributed by atoms with Crippen LogP contribution in [0.1, 0.15) is 89.9 Å². The van der Waals surface area contributed by atoms with Crippen LogP contribution in [0, 0.1) is 19.3 Å². The number of hydrogen-bond donors (Lipinski definition) is 7. The number of carboxylic acids is 1. The molecule has 0 unspecified atom stereocenters. The van der Waals surface area contributed by atoms with Gasteiger partial charge in [-0.3, -0.25) is 24.0 Å². The molecule has 1 aliphatic heterocycles. The summed E-state index contributed by atoms with van der Waals surface area (Å²) in [6, 6.07) is 24.9. The number of ketones is 2. The predicted molar refractivity (Wildman–Crippen MR) is 239 cm³/mol. The Morgan fingerprint density at radius 3 is 1.79 bits per heavy atom. The van der Waals surface area contributed by atoms with Crippen molar-refractivity contribution in [2.75, 3.05) is 36.1 Å². The molecular weight excluding hydrogens is 805 g/mol. The van der Waals surface area contributed by atoms with Gasteiger partial charge in [-0.2, -0.15) is 0 Å². The lowest BCUT2D eigenvalue weighted by Gasteiger charge is -2.39. The lowest BCUT2D eigenvalue weighted by molar-refractivity contribution is -0.128. The summed E-state index contributed by atoms with van der Waals surface area (Å²) in [4.78, 5) is 80.5. The molecule has 14 nitrogen and oxygen atoms in total. The molecule has 0 atom stereocenters. The number of amides is 3. The number of hydrogen-bond acceptors (Lipinski definition) is 10. The number of phenolic OH excluding ortho intramolecular Hbond substituents is 2. The molecule has 0 saturated carbocycles. The number of Topliss-reactive ketones (excluding diaryl/α,β-unsaturated/α-hetero) is 2. The predicted octanol–water partition coefficient (Wildman–Crippen LogP) is 7.76. The summed E-state index contributed by atoms with van der Waals surface area (Å²) >= 11 is 0. The molecule has 6 rings (SSSR count). The second-order valence-corrected chi connectivity index (χ2v) is 15.9. The molecule has 5 aromatic rings. The largest absolute Gasteiger partial charge is 0.508 e. The zero-order valence-corrected chi connectivity index (χ0v) is 35.2. The van der Waals surface area contributed by atoms with Crippen molar-refractivity contribution in [2.45, 2.75) is 46.5 Å². The van der Waals surface area contributed by atoms with Crippen molar-refractivity contribution in [3.05, 3.63) is 147 Å². The average molecular weight is 853 g/mol. The third-order valence-electron chi connectivity index (χ3n) is 11.5. The summed E-state index contributed by atoms with van der Waals surface area (Å²) in [6.07, 6.45) is 2.79. The topological polar surface area (TPSA) is 223 Å². The Labute approximate surface area is 363 Å². The highest BCUT2D eigenvalue weighted by molar-refractivity contribution is 6.10. The van der Waals surface area contributed by atoms with E-state index in [4.69, 9.17) is 0 Å². The van der Waals surface area contributed by atoms with Gasteiger partial charge in [0.2, 0.25) is 5.91 Å². The monoisotopic (exact) mass is 852 g/mol. The van der Waals surface area contributed by atoms with Crippen molar-refractivity contribution >= 4 is 58.4 Å². The van der Waals surface area contributed by atoms with Crippen LogP contribution in [0.2, 0.25) is 0 Å². The van der Waals surface area contributed by atoms with Gasteiger partial charge in [-0.05, 0) is 137 Å². The highest BCUT2D eigenvalue weighted by atomic mass is 16.4. The summed E-state index contributed by atoms with van der Waals surface area (Å²) in [5.74, 6) is -3.91. The molecule has 3 amide bonds. The molecule has 324 valence electrons. The Morgan fingerprint density at radius 2 is 1.21 bits per heavy atom. The fraction of sp³-hybridized carbons (Fsp3) is 0.224. The number of piperidine rings is 1. The fourth-order valence-corrected chi connectivity index (χ4v) is 7.35. The van der Waals surface area contributed by atoms with E-state index in [9.17, 15) is 49.2 Å². The highest BCUT2D eigenvalue weighted by Gasteiger charge is 2.42. The van der Waals surface area contributed by atoms with Crippen LogP contribution in [0.5, 0.6) is 17.2 Å². The van der Waals surface area contributed by atoms with Gasteiger partial charge in [0.1, 0.15) is 22.8 Å². The molecule has 1 heterocycles. The first-order valence-corrected chi connectivity index (χ1v) is 20.2. The molecule has 7 N–H and O–H groups in total. The first-order chi connectivity index (χ1) is 29.9. The normalized spacial score (nSPS) is 13.7. The van der Waals surface area contributed by atoms with E-state index in [-0.39, 0.29) is 75.3 Å². The summed E-state index contributed by atoms with van der Waals surface area (Å²) in [7, 11) is 1.96. The first-order valence-electron chi connectivity index (χ1n) is 20.2. The van der Waals surface area contributed by atoms with Crippen LogP contribution in [0.4, 0.5) is 17.1 Å². The van der Waals surface area contributed by atoms with Gasteiger partial charge in [-0.25, -0.2) is 4.79 Å². The number of allylic oxidation sites excluding steroid dienone is 1. The van der Waals surface area contributed by atoms with Crippen molar-refractivity contribution in [2.24, 2.45) is 5.41 Å². The van der Waals surface area contributed by atoms with E-state index in [1.54, 1.807) is 73.7 Å². The molecule has 5 aromatic carbocycles. The number of nitrogens with one attached hydrogen (secondary N) is 3. The maximum Gasteiger partial charge on any atom is 0.339 e. The van der Waals surface area contributed by atoms with Crippen LogP contribution in [0.25, 0.3) is 6.08 Å². The Kier molecular flexibility index (Phi) is 13.6. The minimum Gasteiger partial charge on any atom is -0.508 e. The SMILES string of the molecule is C/C(=C\c1ccc(O)cc1)C(=O)Cc1ccc(C(=O)CC2(C(=O)Nc3ccc(C(=O)Nc4ccc(C(=O)Nc5ccc(C(=O)O)c(O)c5C)c(O)c4C)cc3)CCN(C)CC2)cc1. The van der Waals surface area contributed by atoms with Gasteiger partial charge >= 0.3 is 5.97 Å². The third-order valence-corrected chi connectivity index (χ3v) is 11.5. The van der Waals surface area contributed by atoms with E-state index >= 15 is 0 Å². The van der Waals surface area contributed by atoms with Crippen molar-refractivity contribution in [3.8, 4) is 17.2 Å². The van der Waals surface area contributed by atoms with Crippen molar-refractivity contribution in [1.29, 1.82) is 0 Å². The minimum atomic E-state index is -1.33. The number of nitrogens with zero attached hydrogens (tertiary/aromatic N) is 1. The lowest BCUT2D eigenvalue weighted by atomic mass is 9.73. The molecule has 0 radical (unpaired) electrons. The second-order valence-electron chi connectivity index (χ2n) is 15.9. The minimum absolute atomic E-state index is 0.0182. The number of likely N-dealkylation sites (tertiary alicyclic amines) is 1. The van der Waals surface area contributed by atoms with E-state index in [0.29, 0.717) is 42.8 Å². The maximum atomic E-state index is 14.0. The highest BCUT2D eigenvalue weighted by Crippen LogP contribution is 2.38. The van der Waals surface area contributed by atoms with Gasteiger partial charge < -0.3 is 41.3 Å². The van der Waals surface area contributed by atoms with Crippen molar-refractivity contribution in [3.63, 3.8) is 0 Å². The average Bonchev–Trinajstić information content (AvgIpc) is 3.26. The van der Waals surface area contributed by atoms with E-state index in [1.807, 2.05) is 7.05 Å². The van der Waals surface area contributed by atoms with Crippen LogP contribution in [-0.4, -0.2) is 80.7 Å². The van der Waals surface area contributed by atoms with Gasteiger partial charge in [-0.1, -0.05) is 36.4 Å². The second kappa shape index (κ2) is 19.0. The zero-order valence-electron chi connectivity index (χ0n) is 35.2. The number of phenols is 3. The molecule has 14 heteroatoms. The number of carboxylic acid groups (broad SMARTS) is 1. The van der Waals surface area contributed by atoms with Gasteiger partial charge in [0.05, 0.1) is 11.0 Å². The number of rotatable bonds is 14. The fourth-order valence-electron chi connectivity index (χ4n) is 7.35. The van der Waals surface area contributed by atoms with E-state index < -0.39 is 34.7 Å². The lowest BCUT2D eigenvalue weighted by Crippen LogP contribution is -2.46. The summed E-state index contributed by atoms with van der Waals surface area (Å²) in [5, 5.41) is 48.2. The quantitative estimate of drug-likeness (QED) is 0.0422. The Balaban J connectivity index is 1.07. The number of anilines is 3. The van der Waals surface area contributed by atoms with Crippen LogP contribution in [0.15, 0.2) is 103 Å². The van der Waals surface area contributed by atoms with Crippen LogP contribution >= 0.6 is 0 Å². The molecule has 1 aliphatic rings. The number of carbonyl (C=O) groups is 6. The van der Waals surface area contributed by atoms with E-state index in [2.05, 4.69) is 20.9 Å². The van der Waals surface area contributed by atoms with Crippen LogP contribution < -0.4 is 16.0 Å². The Morgan fingerprint density at radius 1 is 0.667 bits per heavy atom. The molecule has 0 aromatic heterocycles. The van der Waals surface area contributed by atoms with Gasteiger partial charge in [0.25, 0.3) is 11.8 Å².